The lowest BCUT2D eigenvalue weighted by Crippen LogP contribution is -2.42. The van der Waals surface area contributed by atoms with Gasteiger partial charge in [0.15, 0.2) is 0 Å². The Kier molecular flexibility index (Phi) is 5.49. The zero-order chi connectivity index (χ0) is 11.5. The van der Waals surface area contributed by atoms with Crippen molar-refractivity contribution in [2.24, 2.45) is 5.92 Å². The zero-order valence-electron chi connectivity index (χ0n) is 10.8. The summed E-state index contributed by atoms with van der Waals surface area (Å²) < 4.78 is 0. The van der Waals surface area contributed by atoms with Gasteiger partial charge in [0, 0.05) is 12.6 Å². The van der Waals surface area contributed by atoms with Gasteiger partial charge < -0.3 is 5.32 Å². The van der Waals surface area contributed by atoms with Gasteiger partial charge in [-0.2, -0.15) is 11.3 Å². The molecule has 1 aliphatic carbocycles. The van der Waals surface area contributed by atoms with Crippen molar-refractivity contribution in [3.8, 4) is 0 Å². The SMILES string of the molecule is Cl.c1cc(CN2CCC(NCC3CC3)CC2)cs1. The summed E-state index contributed by atoms with van der Waals surface area (Å²) in [6, 6.07) is 3.04. The maximum Gasteiger partial charge on any atom is 0.0242 e. The molecule has 2 heterocycles. The van der Waals surface area contributed by atoms with Gasteiger partial charge in [-0.25, -0.2) is 0 Å². The molecule has 0 unspecified atom stereocenters. The van der Waals surface area contributed by atoms with E-state index in [9.17, 15) is 0 Å². The van der Waals surface area contributed by atoms with E-state index in [1.807, 2.05) is 11.3 Å². The second-order valence-corrected chi connectivity index (χ2v) is 6.31. The molecule has 1 N–H and O–H groups in total. The minimum Gasteiger partial charge on any atom is -0.314 e. The average Bonchev–Trinajstić information content (AvgIpc) is 3.05. The number of hydrogen-bond donors (Lipinski definition) is 1. The van der Waals surface area contributed by atoms with Crippen LogP contribution in [0.4, 0.5) is 0 Å². The maximum absolute atomic E-state index is 3.74. The Morgan fingerprint density at radius 3 is 2.61 bits per heavy atom. The Morgan fingerprint density at radius 2 is 2.00 bits per heavy atom. The van der Waals surface area contributed by atoms with Crippen LogP contribution in [-0.2, 0) is 6.54 Å². The molecule has 0 amide bonds. The van der Waals surface area contributed by atoms with E-state index < -0.39 is 0 Å². The molecule has 0 aromatic carbocycles. The Bertz CT molecular complexity index is 330. The summed E-state index contributed by atoms with van der Waals surface area (Å²) in [7, 11) is 0. The van der Waals surface area contributed by atoms with E-state index >= 15 is 0 Å². The highest BCUT2D eigenvalue weighted by atomic mass is 35.5. The first-order valence-corrected chi connectivity index (χ1v) is 7.81. The summed E-state index contributed by atoms with van der Waals surface area (Å²) in [6.07, 6.45) is 5.59. The van der Waals surface area contributed by atoms with E-state index in [4.69, 9.17) is 0 Å². The highest BCUT2D eigenvalue weighted by Crippen LogP contribution is 2.28. The number of piperidine rings is 1. The van der Waals surface area contributed by atoms with E-state index in [0.29, 0.717) is 0 Å². The topological polar surface area (TPSA) is 15.3 Å². The summed E-state index contributed by atoms with van der Waals surface area (Å²) in [4.78, 5) is 2.59. The first-order valence-electron chi connectivity index (χ1n) is 6.87. The van der Waals surface area contributed by atoms with Crippen molar-refractivity contribution in [3.63, 3.8) is 0 Å². The Morgan fingerprint density at radius 1 is 1.22 bits per heavy atom. The van der Waals surface area contributed by atoms with Gasteiger partial charge in [0.05, 0.1) is 0 Å². The monoisotopic (exact) mass is 286 g/mol. The lowest BCUT2D eigenvalue weighted by atomic mass is 10.0. The lowest BCUT2D eigenvalue weighted by Gasteiger charge is -2.32. The van der Waals surface area contributed by atoms with Crippen LogP contribution in [0.3, 0.4) is 0 Å². The Balaban J connectivity index is 0.00000120. The average molecular weight is 287 g/mol. The lowest BCUT2D eigenvalue weighted by molar-refractivity contribution is 0.190. The third kappa shape index (κ3) is 4.23. The smallest absolute Gasteiger partial charge is 0.0242 e. The van der Waals surface area contributed by atoms with Crippen LogP contribution in [0.25, 0.3) is 0 Å². The number of nitrogens with one attached hydrogen (secondary N) is 1. The van der Waals surface area contributed by atoms with Gasteiger partial charge in [-0.05, 0) is 73.6 Å². The van der Waals surface area contributed by atoms with Gasteiger partial charge in [-0.1, -0.05) is 0 Å². The molecule has 1 saturated heterocycles. The van der Waals surface area contributed by atoms with Crippen molar-refractivity contribution in [3.05, 3.63) is 22.4 Å². The molecular weight excluding hydrogens is 264 g/mol. The molecule has 2 fully saturated rings. The van der Waals surface area contributed by atoms with Crippen molar-refractivity contribution in [1.29, 1.82) is 0 Å². The van der Waals surface area contributed by atoms with Crippen LogP contribution < -0.4 is 5.32 Å². The second kappa shape index (κ2) is 6.90. The first kappa shape index (κ1) is 14.3. The van der Waals surface area contributed by atoms with Crippen LogP contribution in [0.2, 0.25) is 0 Å². The fourth-order valence-electron chi connectivity index (χ4n) is 2.59. The molecule has 1 saturated carbocycles. The quantitative estimate of drug-likeness (QED) is 0.895. The highest BCUT2D eigenvalue weighted by molar-refractivity contribution is 7.07. The van der Waals surface area contributed by atoms with Crippen LogP contribution in [0.15, 0.2) is 16.8 Å². The largest absolute Gasteiger partial charge is 0.314 e. The number of halogens is 1. The van der Waals surface area contributed by atoms with Gasteiger partial charge in [-0.3, -0.25) is 4.90 Å². The minimum absolute atomic E-state index is 0. The molecule has 102 valence electrons. The third-order valence-corrected chi connectivity index (χ3v) is 4.70. The molecule has 1 aromatic heterocycles. The number of thiophene rings is 1. The number of likely N-dealkylation sites (tertiary alicyclic amines) is 1. The Labute approximate surface area is 120 Å². The normalized spacial score (nSPS) is 21.8. The van der Waals surface area contributed by atoms with Crippen LogP contribution in [0.1, 0.15) is 31.2 Å². The van der Waals surface area contributed by atoms with Crippen molar-refractivity contribution in [2.45, 2.75) is 38.3 Å². The standard InChI is InChI=1S/C14H22N2S.ClH/c1-2-12(1)9-15-14-3-6-16(7-4-14)10-13-5-8-17-11-13;/h5,8,11-12,14-15H,1-4,6-7,9-10H2;1H. The van der Waals surface area contributed by atoms with Crippen LogP contribution in [0, 0.1) is 5.92 Å². The molecule has 1 aromatic rings. The van der Waals surface area contributed by atoms with Gasteiger partial charge in [0.25, 0.3) is 0 Å². The van der Waals surface area contributed by atoms with Crippen LogP contribution >= 0.6 is 23.7 Å². The zero-order valence-corrected chi connectivity index (χ0v) is 12.4. The molecule has 1 aliphatic heterocycles. The fourth-order valence-corrected chi connectivity index (χ4v) is 3.25. The van der Waals surface area contributed by atoms with Gasteiger partial charge in [0.2, 0.25) is 0 Å². The molecule has 0 bridgehead atoms. The number of nitrogens with zero attached hydrogens (tertiary/aromatic N) is 1. The van der Waals surface area contributed by atoms with Gasteiger partial charge in [0.1, 0.15) is 0 Å². The van der Waals surface area contributed by atoms with Crippen LogP contribution in [0.5, 0.6) is 0 Å². The summed E-state index contributed by atoms with van der Waals surface area (Å²) in [6.45, 7) is 4.95. The minimum atomic E-state index is 0. The summed E-state index contributed by atoms with van der Waals surface area (Å²) in [5, 5.41) is 8.19. The van der Waals surface area contributed by atoms with Crippen molar-refractivity contribution in [2.75, 3.05) is 19.6 Å². The van der Waals surface area contributed by atoms with E-state index in [1.165, 1.54) is 50.9 Å². The molecule has 3 rings (SSSR count). The molecule has 0 radical (unpaired) electrons. The summed E-state index contributed by atoms with van der Waals surface area (Å²) >= 11 is 1.81. The predicted molar refractivity (Wildman–Crippen MR) is 80.6 cm³/mol. The molecule has 4 heteroatoms. The van der Waals surface area contributed by atoms with Crippen molar-refractivity contribution >= 4 is 23.7 Å². The molecular formula is C14H23ClN2S. The molecule has 2 nitrogen and oxygen atoms in total. The summed E-state index contributed by atoms with van der Waals surface area (Å²) in [5.74, 6) is 1.01. The second-order valence-electron chi connectivity index (χ2n) is 5.53. The van der Waals surface area contributed by atoms with Gasteiger partial charge >= 0.3 is 0 Å². The predicted octanol–water partition coefficient (Wildman–Crippen LogP) is 3.13. The van der Waals surface area contributed by atoms with E-state index in [0.717, 1.165) is 18.5 Å². The highest BCUT2D eigenvalue weighted by Gasteiger charge is 2.24. The first-order chi connectivity index (χ1) is 8.40. The Hall–Kier alpha value is -0.0900. The molecule has 18 heavy (non-hydrogen) atoms. The fraction of sp³-hybridized carbons (Fsp3) is 0.714. The maximum atomic E-state index is 3.74. The third-order valence-electron chi connectivity index (χ3n) is 3.97. The molecule has 0 atom stereocenters. The number of hydrogen-bond acceptors (Lipinski definition) is 3. The van der Waals surface area contributed by atoms with Gasteiger partial charge in [-0.15, -0.1) is 12.4 Å². The number of rotatable bonds is 5. The van der Waals surface area contributed by atoms with E-state index in [1.54, 1.807) is 0 Å². The van der Waals surface area contributed by atoms with Crippen molar-refractivity contribution < 1.29 is 0 Å². The molecule has 0 spiro atoms. The van der Waals surface area contributed by atoms with Crippen molar-refractivity contribution in [1.82, 2.24) is 10.2 Å². The van der Waals surface area contributed by atoms with Crippen LogP contribution in [-0.4, -0.2) is 30.6 Å². The van der Waals surface area contributed by atoms with E-state index in [2.05, 4.69) is 27.0 Å². The summed E-state index contributed by atoms with van der Waals surface area (Å²) in [5.41, 5.74) is 1.49. The van der Waals surface area contributed by atoms with E-state index in [-0.39, 0.29) is 12.4 Å². The molecule has 2 aliphatic rings.